The molecule has 7 nitrogen and oxygen atoms in total. The first-order valence-corrected chi connectivity index (χ1v) is 10.00. The van der Waals surface area contributed by atoms with E-state index in [1.54, 1.807) is 25.1 Å². The predicted molar refractivity (Wildman–Crippen MR) is 111 cm³/mol. The molecule has 0 aromatic heterocycles. The van der Waals surface area contributed by atoms with E-state index >= 15 is 0 Å². The zero-order valence-corrected chi connectivity index (χ0v) is 17.5. The largest absolute Gasteiger partial charge is 0.482 e. The van der Waals surface area contributed by atoms with E-state index in [2.05, 4.69) is 21.2 Å². The second kappa shape index (κ2) is 9.56. The summed E-state index contributed by atoms with van der Waals surface area (Å²) in [4.78, 5) is 38.4. The van der Waals surface area contributed by atoms with Gasteiger partial charge < -0.3 is 14.8 Å². The van der Waals surface area contributed by atoms with Crippen LogP contribution in [0.1, 0.15) is 24.9 Å². The molecule has 29 heavy (non-hydrogen) atoms. The maximum absolute atomic E-state index is 12.7. The first kappa shape index (κ1) is 20.9. The van der Waals surface area contributed by atoms with E-state index < -0.39 is 12.0 Å². The van der Waals surface area contributed by atoms with Gasteiger partial charge in [0, 0.05) is 4.47 Å². The number of halogens is 1. The molecule has 0 aliphatic carbocycles. The molecule has 0 bridgehead atoms. The SMILES string of the molecule is CCOC(=O)CC(NC(=O)CN1C(=O)COc2cc(Br)ccc21)c1ccccc1. The van der Waals surface area contributed by atoms with Gasteiger partial charge in [-0.1, -0.05) is 46.3 Å². The van der Waals surface area contributed by atoms with Crippen molar-refractivity contribution in [2.75, 3.05) is 24.7 Å². The smallest absolute Gasteiger partial charge is 0.308 e. The number of esters is 1. The predicted octanol–water partition coefficient (Wildman–Crippen LogP) is 2.99. The molecule has 8 heteroatoms. The molecule has 0 fully saturated rings. The van der Waals surface area contributed by atoms with Crippen LogP contribution in [-0.4, -0.2) is 37.5 Å². The molecule has 1 N–H and O–H groups in total. The minimum atomic E-state index is -0.553. The first-order valence-electron chi connectivity index (χ1n) is 9.20. The van der Waals surface area contributed by atoms with Gasteiger partial charge in [0.1, 0.15) is 12.3 Å². The van der Waals surface area contributed by atoms with Crippen molar-refractivity contribution < 1.29 is 23.9 Å². The maximum atomic E-state index is 12.7. The van der Waals surface area contributed by atoms with E-state index in [9.17, 15) is 14.4 Å². The Kier molecular flexibility index (Phi) is 6.87. The van der Waals surface area contributed by atoms with Crippen molar-refractivity contribution in [3.8, 4) is 5.75 Å². The number of nitrogens with zero attached hydrogens (tertiary/aromatic N) is 1. The lowest BCUT2D eigenvalue weighted by Crippen LogP contribution is -2.46. The van der Waals surface area contributed by atoms with Crippen LogP contribution in [-0.2, 0) is 19.1 Å². The summed E-state index contributed by atoms with van der Waals surface area (Å²) < 4.78 is 11.3. The van der Waals surface area contributed by atoms with Gasteiger partial charge in [-0.3, -0.25) is 19.3 Å². The Labute approximate surface area is 177 Å². The van der Waals surface area contributed by atoms with E-state index in [4.69, 9.17) is 9.47 Å². The number of nitrogens with one attached hydrogen (secondary N) is 1. The number of fused-ring (bicyclic) bond motifs is 1. The zero-order valence-electron chi connectivity index (χ0n) is 15.9. The molecular weight excluding hydrogens is 440 g/mol. The number of carbonyl (C=O) groups excluding carboxylic acids is 3. The molecule has 1 aliphatic rings. The fourth-order valence-corrected chi connectivity index (χ4v) is 3.40. The third-order valence-corrected chi connectivity index (χ3v) is 4.87. The van der Waals surface area contributed by atoms with Gasteiger partial charge in [-0.05, 0) is 30.7 Å². The number of amides is 2. The molecule has 2 aromatic rings. The van der Waals surface area contributed by atoms with Crippen molar-refractivity contribution in [1.82, 2.24) is 5.32 Å². The Bertz CT molecular complexity index is 903. The van der Waals surface area contributed by atoms with Crippen molar-refractivity contribution in [2.24, 2.45) is 0 Å². The number of ether oxygens (including phenoxy) is 2. The Morgan fingerprint density at radius 3 is 2.72 bits per heavy atom. The van der Waals surface area contributed by atoms with Gasteiger partial charge in [-0.25, -0.2) is 0 Å². The summed E-state index contributed by atoms with van der Waals surface area (Å²) >= 11 is 3.36. The summed E-state index contributed by atoms with van der Waals surface area (Å²) in [5.74, 6) is -0.568. The number of carbonyl (C=O) groups is 3. The van der Waals surface area contributed by atoms with Crippen LogP contribution in [0.2, 0.25) is 0 Å². The number of hydrogen-bond acceptors (Lipinski definition) is 5. The summed E-state index contributed by atoms with van der Waals surface area (Å²) in [6.07, 6.45) is 0.00415. The topological polar surface area (TPSA) is 84.9 Å². The van der Waals surface area contributed by atoms with Gasteiger partial charge in [0.2, 0.25) is 5.91 Å². The van der Waals surface area contributed by atoms with E-state index in [0.29, 0.717) is 11.4 Å². The van der Waals surface area contributed by atoms with Crippen molar-refractivity contribution in [2.45, 2.75) is 19.4 Å². The van der Waals surface area contributed by atoms with E-state index in [-0.39, 0.29) is 38.0 Å². The molecule has 1 unspecified atom stereocenters. The van der Waals surface area contributed by atoms with Gasteiger partial charge in [0.05, 0.1) is 24.8 Å². The standard InChI is InChI=1S/C21H21BrN2O5/c1-2-28-21(27)11-16(14-6-4-3-5-7-14)23-19(25)12-24-17-9-8-15(22)10-18(17)29-13-20(24)26/h3-10,16H,2,11-13H2,1H3,(H,23,25). The summed E-state index contributed by atoms with van der Waals surface area (Å²) in [6, 6.07) is 13.9. The zero-order chi connectivity index (χ0) is 20.8. The van der Waals surface area contributed by atoms with Crippen LogP contribution in [0.25, 0.3) is 0 Å². The molecular formula is C21H21BrN2O5. The van der Waals surface area contributed by atoms with Crippen molar-refractivity contribution >= 4 is 39.4 Å². The van der Waals surface area contributed by atoms with Gasteiger partial charge in [-0.15, -0.1) is 0 Å². The van der Waals surface area contributed by atoms with Crippen molar-refractivity contribution in [1.29, 1.82) is 0 Å². The summed E-state index contributed by atoms with van der Waals surface area (Å²) in [5.41, 5.74) is 1.31. The summed E-state index contributed by atoms with van der Waals surface area (Å²) in [6.45, 7) is 1.68. The average Bonchev–Trinajstić information content (AvgIpc) is 2.70. The summed E-state index contributed by atoms with van der Waals surface area (Å²) in [5, 5.41) is 2.85. The molecule has 2 aromatic carbocycles. The lowest BCUT2D eigenvalue weighted by atomic mass is 10.0. The highest BCUT2D eigenvalue weighted by Crippen LogP contribution is 2.34. The van der Waals surface area contributed by atoms with E-state index in [0.717, 1.165) is 10.0 Å². The van der Waals surface area contributed by atoms with Crippen LogP contribution < -0.4 is 15.0 Å². The van der Waals surface area contributed by atoms with Gasteiger partial charge in [0.25, 0.3) is 5.91 Å². The Morgan fingerprint density at radius 2 is 2.00 bits per heavy atom. The van der Waals surface area contributed by atoms with Crippen LogP contribution in [0.3, 0.4) is 0 Å². The lowest BCUT2D eigenvalue weighted by molar-refractivity contribution is -0.143. The molecule has 152 valence electrons. The highest BCUT2D eigenvalue weighted by atomic mass is 79.9. The minimum absolute atomic E-state index is 0.00415. The third kappa shape index (κ3) is 5.35. The highest BCUT2D eigenvalue weighted by molar-refractivity contribution is 9.10. The number of hydrogen-bond donors (Lipinski definition) is 1. The molecule has 3 rings (SSSR count). The maximum Gasteiger partial charge on any atom is 0.308 e. The molecule has 1 aliphatic heterocycles. The molecule has 0 radical (unpaired) electrons. The molecule has 0 saturated carbocycles. The lowest BCUT2D eigenvalue weighted by Gasteiger charge is -2.29. The average molecular weight is 461 g/mol. The van der Waals surface area contributed by atoms with E-state index in [1.165, 1.54) is 4.90 Å². The van der Waals surface area contributed by atoms with Crippen molar-refractivity contribution in [3.05, 3.63) is 58.6 Å². The van der Waals surface area contributed by atoms with Crippen molar-refractivity contribution in [3.63, 3.8) is 0 Å². The summed E-state index contributed by atoms with van der Waals surface area (Å²) in [7, 11) is 0. The normalized spacial score (nSPS) is 13.9. The number of anilines is 1. The molecule has 0 spiro atoms. The van der Waals surface area contributed by atoms with Crippen LogP contribution in [0.5, 0.6) is 5.75 Å². The minimum Gasteiger partial charge on any atom is -0.482 e. The Balaban J connectivity index is 1.75. The number of rotatable bonds is 7. The highest BCUT2D eigenvalue weighted by Gasteiger charge is 2.28. The molecule has 1 atom stereocenters. The van der Waals surface area contributed by atoms with Gasteiger partial charge >= 0.3 is 5.97 Å². The molecule has 2 amide bonds. The van der Waals surface area contributed by atoms with Crippen LogP contribution >= 0.6 is 15.9 Å². The van der Waals surface area contributed by atoms with Crippen LogP contribution in [0.15, 0.2) is 53.0 Å². The molecule has 0 saturated heterocycles. The Hall–Kier alpha value is -2.87. The second-order valence-corrected chi connectivity index (χ2v) is 7.34. The number of benzene rings is 2. The van der Waals surface area contributed by atoms with Gasteiger partial charge in [0.15, 0.2) is 6.61 Å². The first-order chi connectivity index (χ1) is 14.0. The van der Waals surface area contributed by atoms with Crippen LogP contribution in [0, 0.1) is 0 Å². The molecule has 1 heterocycles. The van der Waals surface area contributed by atoms with Crippen LogP contribution in [0.4, 0.5) is 5.69 Å². The quantitative estimate of drug-likeness (QED) is 0.641. The third-order valence-electron chi connectivity index (χ3n) is 4.38. The fraction of sp³-hybridized carbons (Fsp3) is 0.286. The van der Waals surface area contributed by atoms with E-state index in [1.807, 2.05) is 30.3 Å². The Morgan fingerprint density at radius 1 is 1.24 bits per heavy atom. The second-order valence-electron chi connectivity index (χ2n) is 6.42. The van der Waals surface area contributed by atoms with Gasteiger partial charge in [-0.2, -0.15) is 0 Å². The monoisotopic (exact) mass is 460 g/mol. The fourth-order valence-electron chi connectivity index (χ4n) is 3.06.